The van der Waals surface area contributed by atoms with Crippen LogP contribution in [0.4, 0.5) is 8.78 Å². The highest BCUT2D eigenvalue weighted by atomic mass is 19.1. The third kappa shape index (κ3) is 14.3. The van der Waals surface area contributed by atoms with Gasteiger partial charge in [0.05, 0.1) is 50.5 Å². The van der Waals surface area contributed by atoms with Crippen molar-refractivity contribution in [3.63, 3.8) is 0 Å². The summed E-state index contributed by atoms with van der Waals surface area (Å²) in [7, 11) is 6.58. The molecule has 6 aromatic carbocycles. The number of imidazole rings is 2. The lowest BCUT2D eigenvalue weighted by molar-refractivity contribution is -0.159. The molecular formula is C60H66F2N6O8. The van der Waals surface area contributed by atoms with Gasteiger partial charge in [-0.2, -0.15) is 0 Å². The van der Waals surface area contributed by atoms with Crippen molar-refractivity contribution in [3.8, 4) is 23.0 Å². The molecule has 2 aromatic heterocycles. The van der Waals surface area contributed by atoms with E-state index in [1.54, 1.807) is 28.4 Å². The summed E-state index contributed by atoms with van der Waals surface area (Å²) in [6, 6.07) is 42.7. The number of hydrogen-bond acceptors (Lipinski definition) is 10. The fraction of sp³-hybridized carbons (Fsp3) is 0.333. The molecule has 4 heterocycles. The van der Waals surface area contributed by atoms with E-state index in [9.17, 15) is 8.78 Å². The van der Waals surface area contributed by atoms with E-state index in [1.165, 1.54) is 35.4 Å². The zero-order valence-corrected chi connectivity index (χ0v) is 43.5. The molecule has 76 heavy (non-hydrogen) atoms. The fourth-order valence-corrected chi connectivity index (χ4v) is 10.1. The van der Waals surface area contributed by atoms with Gasteiger partial charge in [-0.15, -0.1) is 0 Å². The number of nitrogens with zero attached hydrogens (tertiary/aromatic N) is 6. The van der Waals surface area contributed by atoms with Gasteiger partial charge < -0.3 is 38.3 Å². The number of halogens is 2. The van der Waals surface area contributed by atoms with Crippen molar-refractivity contribution in [1.29, 1.82) is 0 Å². The number of piperidine rings is 2. The molecule has 2 aliphatic heterocycles. The molecule has 2 aliphatic rings. The standard InChI is InChI=1S/2C29H32FN3O2.C2H2O4/c2*1-34-27-17-25-26(18-28(27)35-2)33(20-23-8-10-24(30)11-9-23)29(31-25)16-21-12-14-32(15-13-21)19-22-6-4-3-5-7-22;3-1(4)2(5)6/h2*3-11,17-18,21H,12-16,19-20H2,1-2H3;(H,3,4)(H,5,6). The fourth-order valence-electron chi connectivity index (χ4n) is 10.1. The minimum absolute atomic E-state index is 0.224. The summed E-state index contributed by atoms with van der Waals surface area (Å²) in [5.74, 6) is 1.88. The van der Waals surface area contributed by atoms with Gasteiger partial charge in [-0.3, -0.25) is 9.80 Å². The van der Waals surface area contributed by atoms with Crippen molar-refractivity contribution >= 4 is 34.0 Å². The molecular weight excluding hydrogens is 971 g/mol. The number of hydrogen-bond donors (Lipinski definition) is 2. The molecule has 10 rings (SSSR count). The third-order valence-corrected chi connectivity index (χ3v) is 14.2. The smallest absolute Gasteiger partial charge is 0.414 e. The number of carboxylic acid groups (broad SMARTS) is 2. The summed E-state index contributed by atoms with van der Waals surface area (Å²) < 4.78 is 53.7. The van der Waals surface area contributed by atoms with Crippen LogP contribution >= 0.6 is 0 Å². The van der Waals surface area contributed by atoms with Crippen LogP contribution in [0, 0.1) is 23.5 Å². The van der Waals surface area contributed by atoms with Crippen molar-refractivity contribution in [2.24, 2.45) is 11.8 Å². The Labute approximate surface area is 442 Å². The van der Waals surface area contributed by atoms with Gasteiger partial charge in [-0.25, -0.2) is 28.3 Å². The van der Waals surface area contributed by atoms with E-state index in [0.717, 1.165) is 123 Å². The molecule has 16 heteroatoms. The minimum Gasteiger partial charge on any atom is -0.493 e. The molecule has 8 aromatic rings. The first-order valence-corrected chi connectivity index (χ1v) is 25.6. The molecule has 0 radical (unpaired) electrons. The highest BCUT2D eigenvalue weighted by Crippen LogP contribution is 2.36. The van der Waals surface area contributed by atoms with Crippen LogP contribution in [0.1, 0.15) is 59.6 Å². The number of aromatic nitrogens is 4. The summed E-state index contributed by atoms with van der Waals surface area (Å²) in [4.78, 5) is 33.4. The van der Waals surface area contributed by atoms with Crippen molar-refractivity contribution in [1.82, 2.24) is 28.9 Å². The number of fused-ring (bicyclic) bond motifs is 2. The van der Waals surface area contributed by atoms with Crippen molar-refractivity contribution < 1.29 is 47.5 Å². The lowest BCUT2D eigenvalue weighted by Crippen LogP contribution is -2.34. The number of likely N-dealkylation sites (tertiary alicyclic amines) is 2. The van der Waals surface area contributed by atoms with Gasteiger partial charge in [0.15, 0.2) is 23.0 Å². The monoisotopic (exact) mass is 1040 g/mol. The molecule has 2 N–H and O–H groups in total. The number of methoxy groups -OCH3 is 4. The Morgan fingerprint density at radius 2 is 0.789 bits per heavy atom. The largest absolute Gasteiger partial charge is 0.493 e. The molecule has 0 unspecified atom stereocenters. The highest BCUT2D eigenvalue weighted by molar-refractivity contribution is 6.27. The van der Waals surface area contributed by atoms with Gasteiger partial charge in [0.25, 0.3) is 0 Å². The lowest BCUT2D eigenvalue weighted by atomic mass is 9.93. The Hall–Kier alpha value is -7.82. The first-order valence-electron chi connectivity index (χ1n) is 25.6. The first-order chi connectivity index (χ1) is 36.9. The van der Waals surface area contributed by atoms with Crippen molar-refractivity contribution in [2.45, 2.75) is 64.7 Å². The lowest BCUT2D eigenvalue weighted by Gasteiger charge is -2.32. The quantitative estimate of drug-likeness (QED) is 0.0886. The molecule has 0 saturated carbocycles. The van der Waals surface area contributed by atoms with Crippen LogP contribution in [0.25, 0.3) is 22.1 Å². The van der Waals surface area contributed by atoms with Gasteiger partial charge in [0.1, 0.15) is 23.3 Å². The van der Waals surface area contributed by atoms with Gasteiger partial charge in [-0.1, -0.05) is 84.9 Å². The van der Waals surface area contributed by atoms with Crippen LogP contribution in [0.5, 0.6) is 23.0 Å². The second-order valence-corrected chi connectivity index (χ2v) is 19.3. The van der Waals surface area contributed by atoms with Gasteiger partial charge in [-0.05, 0) is 110 Å². The Morgan fingerprint density at radius 3 is 1.11 bits per heavy atom. The highest BCUT2D eigenvalue weighted by Gasteiger charge is 2.25. The minimum atomic E-state index is -1.82. The van der Waals surface area contributed by atoms with Gasteiger partial charge in [0.2, 0.25) is 0 Å². The average Bonchev–Trinajstić information content (AvgIpc) is 3.96. The molecule has 2 fully saturated rings. The zero-order valence-electron chi connectivity index (χ0n) is 43.5. The Bertz CT molecular complexity index is 2940. The van der Waals surface area contributed by atoms with Crippen LogP contribution in [0.2, 0.25) is 0 Å². The number of rotatable bonds is 16. The van der Waals surface area contributed by atoms with Crippen molar-refractivity contribution in [3.05, 3.63) is 179 Å². The van der Waals surface area contributed by atoms with E-state index in [0.29, 0.717) is 47.9 Å². The summed E-state index contributed by atoms with van der Waals surface area (Å²) in [5.41, 5.74) is 8.61. The summed E-state index contributed by atoms with van der Waals surface area (Å²) in [6.45, 7) is 7.67. The molecule has 14 nitrogen and oxygen atoms in total. The molecule has 0 aliphatic carbocycles. The molecule has 0 bridgehead atoms. The van der Waals surface area contributed by atoms with Crippen LogP contribution in [-0.2, 0) is 48.6 Å². The number of carboxylic acids is 2. The summed E-state index contributed by atoms with van der Waals surface area (Å²) >= 11 is 0. The van der Waals surface area contributed by atoms with E-state index >= 15 is 0 Å². The SMILES string of the molecule is COc1cc2nc(CC3CCN(Cc4ccccc4)CC3)n(Cc3ccc(F)cc3)c2cc1OC.COc1cc2nc(CC3CCN(Cc4ccccc4)CC3)n(Cc3ccc(F)cc3)c2cc1OC.O=C(O)C(=O)O. The Kier molecular flexibility index (Phi) is 18.7. The van der Waals surface area contributed by atoms with Gasteiger partial charge in [0, 0.05) is 63.3 Å². The predicted octanol–water partition coefficient (Wildman–Crippen LogP) is 10.5. The van der Waals surface area contributed by atoms with Crippen LogP contribution in [-0.4, -0.2) is 106 Å². The maximum absolute atomic E-state index is 13.5. The number of carbonyl (C=O) groups is 2. The van der Waals surface area contributed by atoms with E-state index in [1.807, 2.05) is 48.5 Å². The van der Waals surface area contributed by atoms with Gasteiger partial charge >= 0.3 is 11.9 Å². The molecule has 0 amide bonds. The maximum Gasteiger partial charge on any atom is 0.414 e. The number of aliphatic carboxylic acids is 2. The van der Waals surface area contributed by atoms with E-state index < -0.39 is 11.9 Å². The van der Waals surface area contributed by atoms with Crippen LogP contribution in [0.15, 0.2) is 133 Å². The normalized spacial score (nSPS) is 14.3. The van der Waals surface area contributed by atoms with E-state index in [-0.39, 0.29) is 11.6 Å². The number of ether oxygens (including phenoxy) is 4. The molecule has 2 saturated heterocycles. The zero-order chi connectivity index (χ0) is 53.6. The van der Waals surface area contributed by atoms with E-state index in [2.05, 4.69) is 79.6 Å². The number of benzene rings is 6. The second kappa shape index (κ2) is 26.1. The third-order valence-electron chi connectivity index (χ3n) is 14.2. The average molecular weight is 1040 g/mol. The maximum atomic E-state index is 13.5. The van der Waals surface area contributed by atoms with Crippen LogP contribution < -0.4 is 18.9 Å². The predicted molar refractivity (Wildman–Crippen MR) is 288 cm³/mol. The summed E-state index contributed by atoms with van der Waals surface area (Å²) in [5, 5.41) is 14.8. The molecule has 0 spiro atoms. The Morgan fingerprint density at radius 1 is 0.474 bits per heavy atom. The summed E-state index contributed by atoms with van der Waals surface area (Å²) in [6.07, 6.45) is 6.44. The molecule has 398 valence electrons. The van der Waals surface area contributed by atoms with Crippen molar-refractivity contribution in [2.75, 3.05) is 54.6 Å². The second-order valence-electron chi connectivity index (χ2n) is 19.3. The van der Waals surface area contributed by atoms with E-state index in [4.69, 9.17) is 48.7 Å². The molecule has 0 atom stereocenters. The topological polar surface area (TPSA) is 154 Å². The van der Waals surface area contributed by atoms with Crippen LogP contribution in [0.3, 0.4) is 0 Å². The Balaban J connectivity index is 0.000000182. The first kappa shape index (κ1) is 54.4.